The summed E-state index contributed by atoms with van der Waals surface area (Å²) in [5.41, 5.74) is 2.99. The number of imide groups is 1. The third-order valence-corrected chi connectivity index (χ3v) is 8.02. The molecule has 2 aliphatic rings. The molecule has 0 radical (unpaired) electrons. The first kappa shape index (κ1) is 30.6. The van der Waals surface area contributed by atoms with Crippen LogP contribution in [0.4, 0.5) is 10.1 Å². The van der Waals surface area contributed by atoms with Crippen LogP contribution in [0.2, 0.25) is 0 Å². The molecule has 41 heavy (non-hydrogen) atoms. The quantitative estimate of drug-likeness (QED) is 0.157. The summed E-state index contributed by atoms with van der Waals surface area (Å²) in [6.07, 6.45) is 2.29. The number of phenols is 1. The van der Waals surface area contributed by atoms with Crippen LogP contribution in [-0.4, -0.2) is 70.7 Å². The smallest absolute Gasteiger partial charge is 0.488 e. The minimum absolute atomic E-state index is 0.114. The summed E-state index contributed by atoms with van der Waals surface area (Å²) in [6, 6.07) is 9.99. The Balaban J connectivity index is 1.60. The Bertz CT molecular complexity index is 1360. The second-order valence-corrected chi connectivity index (χ2v) is 10.5. The van der Waals surface area contributed by atoms with E-state index in [0.29, 0.717) is 29.6 Å². The Hall–Kier alpha value is -3.35. The topological polar surface area (TPSA) is 148 Å². The minimum Gasteiger partial charge on any atom is -0.505 e. The van der Waals surface area contributed by atoms with Crippen molar-refractivity contribution in [1.82, 2.24) is 0 Å². The molecular weight excluding hydrogens is 532 g/mol. The SMILES string of the molecule is CC/C(=C\c1ccc(O)c(F)c1)CC[C@@H](O)C1=C(COC)C[C@H]2C(=O)N(c3cccc(B(O)O)c3)C(=O)[C@H]2[C@H]1CO. The van der Waals surface area contributed by atoms with Gasteiger partial charge in [0.2, 0.25) is 11.8 Å². The van der Waals surface area contributed by atoms with Crippen LogP contribution in [0.1, 0.15) is 38.2 Å². The van der Waals surface area contributed by atoms with Gasteiger partial charge in [0, 0.05) is 13.0 Å². The Morgan fingerprint density at radius 3 is 2.59 bits per heavy atom. The lowest BCUT2D eigenvalue weighted by Gasteiger charge is -2.36. The molecular formula is C30H35BFNO8. The molecule has 9 nitrogen and oxygen atoms in total. The lowest BCUT2D eigenvalue weighted by Crippen LogP contribution is -2.40. The summed E-state index contributed by atoms with van der Waals surface area (Å²) >= 11 is 0. The Morgan fingerprint density at radius 1 is 1.20 bits per heavy atom. The van der Waals surface area contributed by atoms with Gasteiger partial charge in [-0.1, -0.05) is 36.8 Å². The fourth-order valence-electron chi connectivity index (χ4n) is 6.02. The van der Waals surface area contributed by atoms with Crippen LogP contribution in [-0.2, 0) is 14.3 Å². The van der Waals surface area contributed by atoms with Crippen LogP contribution >= 0.6 is 0 Å². The van der Waals surface area contributed by atoms with E-state index in [1.54, 1.807) is 12.1 Å². The van der Waals surface area contributed by atoms with Crippen LogP contribution in [0.3, 0.4) is 0 Å². The number of carbonyl (C=O) groups excluding carboxylic acids is 2. The van der Waals surface area contributed by atoms with Crippen molar-refractivity contribution in [1.29, 1.82) is 0 Å². The number of aliphatic hydroxyl groups is 2. The van der Waals surface area contributed by atoms with E-state index < -0.39 is 61.0 Å². The molecule has 2 amide bonds. The zero-order valence-electron chi connectivity index (χ0n) is 23.0. The standard InChI is InChI=1S/C30H35BFNO8/c1-3-17(11-18-8-9-25(35)24(32)12-18)7-10-26(36)27-19(16-41-2)13-22-28(23(27)15-34)30(38)33(29(22)37)21-6-4-5-20(14-21)31(39)40/h4-6,8-9,11-12,14,22-23,26,28,34-36,39-40H,3,7,10,13,15-16H2,1-2H3/b17-11+/t22-,23+,26-,28-/m1/s1. The molecule has 11 heteroatoms. The highest BCUT2D eigenvalue weighted by Gasteiger charge is 2.55. The van der Waals surface area contributed by atoms with Crippen LogP contribution < -0.4 is 10.4 Å². The number of hydrogen-bond acceptors (Lipinski definition) is 8. The van der Waals surface area contributed by atoms with Crippen molar-refractivity contribution < 1.29 is 44.1 Å². The largest absolute Gasteiger partial charge is 0.505 e. The maximum absolute atomic E-state index is 13.8. The van der Waals surface area contributed by atoms with Gasteiger partial charge in [-0.25, -0.2) is 4.39 Å². The third-order valence-electron chi connectivity index (χ3n) is 8.02. The maximum atomic E-state index is 13.8. The molecule has 0 bridgehead atoms. The molecule has 1 fully saturated rings. The Kier molecular flexibility index (Phi) is 9.78. The summed E-state index contributed by atoms with van der Waals surface area (Å²) < 4.78 is 19.2. The zero-order valence-corrected chi connectivity index (χ0v) is 23.0. The number of rotatable bonds is 11. The van der Waals surface area contributed by atoms with Gasteiger partial charge in [-0.3, -0.25) is 14.5 Å². The number of nitrogens with zero attached hydrogens (tertiary/aromatic N) is 1. The molecule has 218 valence electrons. The molecule has 1 saturated heterocycles. The second-order valence-electron chi connectivity index (χ2n) is 10.5. The molecule has 4 rings (SSSR count). The fraction of sp³-hybridized carbons (Fsp3) is 0.400. The number of hydrogen-bond donors (Lipinski definition) is 5. The molecule has 0 aromatic heterocycles. The number of ether oxygens (including phenoxy) is 1. The normalized spacial score (nSPS) is 21.9. The van der Waals surface area contributed by atoms with Crippen LogP contribution in [0.25, 0.3) is 6.08 Å². The van der Waals surface area contributed by atoms with Crippen molar-refractivity contribution in [2.75, 3.05) is 25.2 Å². The van der Waals surface area contributed by atoms with Crippen molar-refractivity contribution >= 4 is 36.2 Å². The second kappa shape index (κ2) is 13.1. The molecule has 4 atom stereocenters. The van der Waals surface area contributed by atoms with Crippen molar-refractivity contribution in [2.45, 2.75) is 38.7 Å². The molecule has 0 spiro atoms. The lowest BCUT2D eigenvalue weighted by molar-refractivity contribution is -0.123. The average Bonchev–Trinajstić information content (AvgIpc) is 3.21. The van der Waals surface area contributed by atoms with Gasteiger partial charge in [0.05, 0.1) is 36.8 Å². The Morgan fingerprint density at radius 2 is 1.95 bits per heavy atom. The van der Waals surface area contributed by atoms with Gasteiger partial charge in [-0.15, -0.1) is 0 Å². The van der Waals surface area contributed by atoms with Gasteiger partial charge in [0.1, 0.15) is 0 Å². The summed E-state index contributed by atoms with van der Waals surface area (Å²) in [7, 11) is -0.284. The molecule has 2 aromatic carbocycles. The monoisotopic (exact) mass is 567 g/mol. The van der Waals surface area contributed by atoms with Crippen LogP contribution in [0, 0.1) is 23.6 Å². The number of fused-ring (bicyclic) bond motifs is 1. The minimum atomic E-state index is -1.78. The fourth-order valence-corrected chi connectivity index (χ4v) is 6.02. The maximum Gasteiger partial charge on any atom is 0.488 e. The van der Waals surface area contributed by atoms with Crippen molar-refractivity contribution in [3.8, 4) is 5.75 Å². The summed E-state index contributed by atoms with van der Waals surface area (Å²) in [6.45, 7) is 1.59. The van der Waals surface area contributed by atoms with Crippen molar-refractivity contribution in [2.24, 2.45) is 17.8 Å². The number of aliphatic hydroxyl groups excluding tert-OH is 2. The first-order valence-electron chi connectivity index (χ1n) is 13.6. The van der Waals surface area contributed by atoms with Crippen molar-refractivity contribution in [3.05, 3.63) is 70.6 Å². The number of amides is 2. The van der Waals surface area contributed by atoms with Gasteiger partial charge in [-0.05, 0) is 72.1 Å². The highest BCUT2D eigenvalue weighted by atomic mass is 19.1. The number of phenolic OH excluding ortho intramolecular Hbond substituents is 1. The van der Waals surface area contributed by atoms with E-state index in [-0.39, 0.29) is 30.6 Å². The van der Waals surface area contributed by atoms with Gasteiger partial charge >= 0.3 is 7.12 Å². The van der Waals surface area contributed by atoms with E-state index >= 15 is 0 Å². The van der Waals surface area contributed by atoms with Gasteiger partial charge in [-0.2, -0.15) is 0 Å². The summed E-state index contributed by atoms with van der Waals surface area (Å²) in [4.78, 5) is 28.2. The molecule has 1 aliphatic carbocycles. The van der Waals surface area contributed by atoms with E-state index in [4.69, 9.17) is 4.74 Å². The van der Waals surface area contributed by atoms with E-state index in [1.807, 2.05) is 6.92 Å². The van der Waals surface area contributed by atoms with E-state index in [0.717, 1.165) is 10.5 Å². The van der Waals surface area contributed by atoms with Crippen molar-refractivity contribution in [3.63, 3.8) is 0 Å². The lowest BCUT2D eigenvalue weighted by atomic mass is 9.68. The Labute approximate surface area is 238 Å². The number of allylic oxidation sites excluding steroid dienone is 1. The molecule has 1 heterocycles. The summed E-state index contributed by atoms with van der Waals surface area (Å²) in [5.74, 6) is -4.62. The van der Waals surface area contributed by atoms with Gasteiger partial charge in [0.25, 0.3) is 0 Å². The van der Waals surface area contributed by atoms with Gasteiger partial charge < -0.3 is 30.1 Å². The van der Waals surface area contributed by atoms with E-state index in [9.17, 15) is 39.3 Å². The molecule has 2 aromatic rings. The number of aromatic hydroxyl groups is 1. The molecule has 1 aliphatic heterocycles. The predicted octanol–water partition coefficient (Wildman–Crippen LogP) is 1.91. The first-order valence-corrected chi connectivity index (χ1v) is 13.6. The highest BCUT2D eigenvalue weighted by Crippen LogP contribution is 2.47. The first-order chi connectivity index (χ1) is 19.6. The molecule has 5 N–H and O–H groups in total. The molecule has 0 saturated carbocycles. The number of carbonyl (C=O) groups is 2. The third kappa shape index (κ3) is 6.29. The number of halogens is 1. The molecule has 0 unspecified atom stereocenters. The number of methoxy groups -OCH3 is 1. The number of benzene rings is 2. The predicted molar refractivity (Wildman–Crippen MR) is 151 cm³/mol. The van der Waals surface area contributed by atoms with Crippen LogP contribution in [0.5, 0.6) is 5.75 Å². The van der Waals surface area contributed by atoms with E-state index in [1.165, 1.54) is 43.5 Å². The zero-order chi connectivity index (χ0) is 29.8. The van der Waals surface area contributed by atoms with Crippen LogP contribution in [0.15, 0.2) is 59.2 Å². The highest BCUT2D eigenvalue weighted by molar-refractivity contribution is 6.58. The number of anilines is 1. The van der Waals surface area contributed by atoms with E-state index in [2.05, 4.69) is 0 Å². The average molecular weight is 567 g/mol. The summed E-state index contributed by atoms with van der Waals surface area (Å²) in [5, 5.41) is 50.5. The van der Waals surface area contributed by atoms with Gasteiger partial charge in [0.15, 0.2) is 11.6 Å².